The average molecular weight is 285 g/mol. The molecule has 0 spiro atoms. The van der Waals surface area contributed by atoms with Gasteiger partial charge in [-0.1, -0.05) is 17.7 Å². The summed E-state index contributed by atoms with van der Waals surface area (Å²) >= 11 is 5.66. The van der Waals surface area contributed by atoms with Crippen molar-refractivity contribution < 1.29 is 9.18 Å². The van der Waals surface area contributed by atoms with Crippen LogP contribution in [0.1, 0.15) is 37.8 Å². The number of carbonyl (C=O) groups excluding carboxylic acids is 1. The summed E-state index contributed by atoms with van der Waals surface area (Å²) in [5, 5.41) is 6.24. The number of rotatable bonds is 3. The lowest BCUT2D eigenvalue weighted by molar-refractivity contribution is -0.123. The van der Waals surface area contributed by atoms with Gasteiger partial charge in [0.15, 0.2) is 0 Å². The molecule has 2 unspecified atom stereocenters. The van der Waals surface area contributed by atoms with Gasteiger partial charge < -0.3 is 5.32 Å². The third-order valence-corrected chi connectivity index (χ3v) is 3.74. The molecule has 1 saturated heterocycles. The van der Waals surface area contributed by atoms with E-state index < -0.39 is 5.82 Å². The van der Waals surface area contributed by atoms with E-state index in [2.05, 4.69) is 10.6 Å². The fourth-order valence-corrected chi connectivity index (χ4v) is 2.40. The van der Waals surface area contributed by atoms with Gasteiger partial charge in [-0.25, -0.2) is 4.39 Å². The second kappa shape index (κ2) is 6.35. The Kier molecular flexibility index (Phi) is 4.77. The summed E-state index contributed by atoms with van der Waals surface area (Å²) in [5.74, 6) is -0.406. The molecule has 2 N–H and O–H groups in total. The second-order valence-corrected chi connectivity index (χ2v) is 5.31. The zero-order chi connectivity index (χ0) is 13.8. The van der Waals surface area contributed by atoms with Gasteiger partial charge in [-0.2, -0.15) is 0 Å². The highest BCUT2D eigenvalue weighted by molar-refractivity contribution is 6.30. The predicted molar refractivity (Wildman–Crippen MR) is 73.6 cm³/mol. The lowest BCUT2D eigenvalue weighted by atomic mass is 10.0. The van der Waals surface area contributed by atoms with Crippen molar-refractivity contribution in [2.24, 2.45) is 0 Å². The summed E-state index contributed by atoms with van der Waals surface area (Å²) in [7, 11) is 0. The standard InChI is InChI=1S/C14H18ClFN2O/c1-9(10-5-6-11(15)12(16)8-10)18-13-4-2-3-7-17-14(13)19/h5-6,8-9,13,18H,2-4,7H2,1H3,(H,17,19). The predicted octanol–water partition coefficient (Wildman–Crippen LogP) is 2.80. The highest BCUT2D eigenvalue weighted by atomic mass is 35.5. The van der Waals surface area contributed by atoms with Crippen molar-refractivity contribution in [3.05, 3.63) is 34.6 Å². The van der Waals surface area contributed by atoms with Crippen molar-refractivity contribution in [1.82, 2.24) is 10.6 Å². The molecule has 0 radical (unpaired) electrons. The Morgan fingerprint density at radius 2 is 2.26 bits per heavy atom. The van der Waals surface area contributed by atoms with E-state index in [1.807, 2.05) is 6.92 Å². The molecule has 0 saturated carbocycles. The Bertz CT molecular complexity index is 467. The summed E-state index contributed by atoms with van der Waals surface area (Å²) in [6.07, 6.45) is 2.83. The van der Waals surface area contributed by atoms with Crippen LogP contribution in [0.5, 0.6) is 0 Å². The summed E-state index contributed by atoms with van der Waals surface area (Å²) in [5.41, 5.74) is 0.791. The van der Waals surface area contributed by atoms with Crippen LogP contribution >= 0.6 is 11.6 Å². The van der Waals surface area contributed by atoms with Gasteiger partial charge >= 0.3 is 0 Å². The molecule has 1 aliphatic heterocycles. The lowest BCUT2D eigenvalue weighted by Gasteiger charge is -2.21. The van der Waals surface area contributed by atoms with E-state index in [-0.39, 0.29) is 23.0 Å². The van der Waals surface area contributed by atoms with E-state index >= 15 is 0 Å². The Labute approximate surface area is 117 Å². The molecule has 1 aromatic rings. The number of nitrogens with one attached hydrogen (secondary N) is 2. The molecule has 5 heteroatoms. The van der Waals surface area contributed by atoms with Crippen LogP contribution in [-0.4, -0.2) is 18.5 Å². The number of amides is 1. The molecule has 1 amide bonds. The topological polar surface area (TPSA) is 41.1 Å². The van der Waals surface area contributed by atoms with Crippen molar-refractivity contribution in [3.63, 3.8) is 0 Å². The zero-order valence-corrected chi connectivity index (χ0v) is 11.6. The second-order valence-electron chi connectivity index (χ2n) is 4.90. The first-order valence-electron chi connectivity index (χ1n) is 6.56. The molecule has 2 rings (SSSR count). The van der Waals surface area contributed by atoms with Crippen LogP contribution in [0.15, 0.2) is 18.2 Å². The van der Waals surface area contributed by atoms with Crippen LogP contribution in [0.4, 0.5) is 4.39 Å². The molecule has 3 nitrogen and oxygen atoms in total. The van der Waals surface area contributed by atoms with E-state index in [0.29, 0.717) is 0 Å². The first-order chi connectivity index (χ1) is 9.08. The van der Waals surface area contributed by atoms with Gasteiger partial charge in [0.1, 0.15) is 5.82 Å². The van der Waals surface area contributed by atoms with E-state index in [4.69, 9.17) is 11.6 Å². The Morgan fingerprint density at radius 1 is 1.47 bits per heavy atom. The first-order valence-corrected chi connectivity index (χ1v) is 6.94. The quantitative estimate of drug-likeness (QED) is 0.896. The lowest BCUT2D eigenvalue weighted by Crippen LogP contribution is -2.43. The van der Waals surface area contributed by atoms with Crippen LogP contribution < -0.4 is 10.6 Å². The smallest absolute Gasteiger partial charge is 0.237 e. The fraction of sp³-hybridized carbons (Fsp3) is 0.500. The van der Waals surface area contributed by atoms with E-state index in [1.54, 1.807) is 6.07 Å². The Balaban J connectivity index is 2.04. The molecule has 1 heterocycles. The van der Waals surface area contributed by atoms with Crippen LogP contribution in [0, 0.1) is 5.82 Å². The Hall–Kier alpha value is -1.13. The maximum Gasteiger partial charge on any atom is 0.237 e. The minimum absolute atomic E-state index is 0.0267. The van der Waals surface area contributed by atoms with Crippen molar-refractivity contribution >= 4 is 17.5 Å². The summed E-state index contributed by atoms with van der Waals surface area (Å²) < 4.78 is 13.4. The van der Waals surface area contributed by atoms with Gasteiger partial charge in [-0.3, -0.25) is 10.1 Å². The molecule has 0 aromatic heterocycles. The number of hydrogen-bond donors (Lipinski definition) is 2. The number of hydrogen-bond acceptors (Lipinski definition) is 2. The zero-order valence-electron chi connectivity index (χ0n) is 10.9. The molecule has 1 aliphatic rings. The molecule has 0 bridgehead atoms. The maximum absolute atomic E-state index is 13.4. The van der Waals surface area contributed by atoms with Crippen molar-refractivity contribution in [3.8, 4) is 0 Å². The minimum atomic E-state index is -0.432. The molecule has 19 heavy (non-hydrogen) atoms. The van der Waals surface area contributed by atoms with Crippen LogP contribution in [0.25, 0.3) is 0 Å². The number of carbonyl (C=O) groups is 1. The third kappa shape index (κ3) is 3.67. The number of benzene rings is 1. The molecule has 1 fully saturated rings. The molecule has 0 aliphatic carbocycles. The number of halogens is 2. The van der Waals surface area contributed by atoms with Gasteiger partial charge in [0.2, 0.25) is 5.91 Å². The SMILES string of the molecule is CC(NC1CCCCNC1=O)c1ccc(Cl)c(F)c1. The third-order valence-electron chi connectivity index (χ3n) is 3.43. The molecule has 2 atom stereocenters. The molecule has 1 aromatic carbocycles. The first kappa shape index (κ1) is 14.3. The van der Waals surface area contributed by atoms with Crippen molar-refractivity contribution in [2.75, 3.05) is 6.54 Å². The van der Waals surface area contributed by atoms with Crippen LogP contribution in [0.2, 0.25) is 5.02 Å². The molecule has 104 valence electrons. The van der Waals surface area contributed by atoms with Gasteiger partial charge in [-0.05, 0) is 43.9 Å². The fourth-order valence-electron chi connectivity index (χ4n) is 2.28. The van der Waals surface area contributed by atoms with Gasteiger partial charge in [-0.15, -0.1) is 0 Å². The van der Waals surface area contributed by atoms with E-state index in [1.165, 1.54) is 12.1 Å². The molecular weight excluding hydrogens is 267 g/mol. The average Bonchev–Trinajstić information content (AvgIpc) is 2.58. The molecular formula is C14H18ClFN2O. The normalized spacial score (nSPS) is 21.6. The maximum atomic E-state index is 13.4. The van der Waals surface area contributed by atoms with Gasteiger partial charge in [0.05, 0.1) is 11.1 Å². The summed E-state index contributed by atoms with van der Waals surface area (Å²) in [6, 6.07) is 4.42. The summed E-state index contributed by atoms with van der Waals surface area (Å²) in [6.45, 7) is 2.65. The summed E-state index contributed by atoms with van der Waals surface area (Å²) in [4.78, 5) is 11.8. The van der Waals surface area contributed by atoms with E-state index in [0.717, 1.165) is 31.4 Å². The largest absolute Gasteiger partial charge is 0.355 e. The Morgan fingerprint density at radius 3 is 3.00 bits per heavy atom. The van der Waals surface area contributed by atoms with Gasteiger partial charge in [0.25, 0.3) is 0 Å². The van der Waals surface area contributed by atoms with Crippen LogP contribution in [-0.2, 0) is 4.79 Å². The van der Waals surface area contributed by atoms with Crippen LogP contribution in [0.3, 0.4) is 0 Å². The monoisotopic (exact) mass is 284 g/mol. The van der Waals surface area contributed by atoms with Crippen molar-refractivity contribution in [1.29, 1.82) is 0 Å². The van der Waals surface area contributed by atoms with E-state index in [9.17, 15) is 9.18 Å². The minimum Gasteiger partial charge on any atom is -0.355 e. The van der Waals surface area contributed by atoms with Gasteiger partial charge in [0, 0.05) is 12.6 Å². The van der Waals surface area contributed by atoms with Crippen molar-refractivity contribution in [2.45, 2.75) is 38.3 Å². The highest BCUT2D eigenvalue weighted by Crippen LogP contribution is 2.21. The highest BCUT2D eigenvalue weighted by Gasteiger charge is 2.22.